The molecule has 0 radical (unpaired) electrons. The van der Waals surface area contributed by atoms with Crippen molar-refractivity contribution in [2.24, 2.45) is 17.8 Å². The molecule has 5 heteroatoms. The maximum atomic E-state index is 15.7. The van der Waals surface area contributed by atoms with Crippen molar-refractivity contribution in [2.75, 3.05) is 7.11 Å². The summed E-state index contributed by atoms with van der Waals surface area (Å²) in [5, 5.41) is 4.25. The Kier molecular flexibility index (Phi) is 9.88. The van der Waals surface area contributed by atoms with Crippen LogP contribution in [0.5, 0.6) is 0 Å². The molecule has 3 atom stereocenters. The van der Waals surface area contributed by atoms with Gasteiger partial charge in [-0.05, 0) is 110 Å². The Balaban J connectivity index is 1.51. The van der Waals surface area contributed by atoms with E-state index < -0.39 is 5.67 Å². The molecule has 3 unspecified atom stereocenters. The zero-order valence-electron chi connectivity index (χ0n) is 26.7. The van der Waals surface area contributed by atoms with Crippen molar-refractivity contribution < 1.29 is 18.4 Å². The van der Waals surface area contributed by atoms with E-state index in [0.717, 1.165) is 67.5 Å². The molecule has 0 aliphatic heterocycles. The molecule has 4 nitrogen and oxygen atoms in total. The lowest BCUT2D eigenvalue weighted by atomic mass is 9.80. The molecule has 1 fully saturated rings. The van der Waals surface area contributed by atoms with E-state index in [1.165, 1.54) is 35.0 Å². The highest BCUT2D eigenvalue weighted by molar-refractivity contribution is 5.87. The Morgan fingerprint density at radius 2 is 1.86 bits per heavy atom. The van der Waals surface area contributed by atoms with Crippen LogP contribution in [0.4, 0.5) is 4.39 Å². The standard InChI is InChI=1S/C38H48FNO3/c1-25-9-16-34-32(24-33(21-25)36-27(3)40-43-28(36)4)15-12-30(17-20-38(39)18-7-6-8-19-38)23-35(34)31-13-10-29(11-14-31)22-26(2)37(41)42-5/h10-11,13-14,16,21,23-26,30H,6-9,12,15,17-20,22H2,1-5H3. The van der Waals surface area contributed by atoms with Gasteiger partial charge in [-0.3, -0.25) is 4.79 Å². The quantitative estimate of drug-likeness (QED) is 0.289. The second kappa shape index (κ2) is 13.6. The molecular weight excluding hydrogens is 537 g/mol. The Morgan fingerprint density at radius 1 is 1.12 bits per heavy atom. The molecule has 0 amide bonds. The van der Waals surface area contributed by atoms with Gasteiger partial charge in [-0.25, -0.2) is 4.39 Å². The number of allylic oxidation sites excluding steroid dienone is 8. The highest BCUT2D eigenvalue weighted by Gasteiger charge is 2.33. The molecule has 1 saturated carbocycles. The van der Waals surface area contributed by atoms with E-state index in [2.05, 4.69) is 60.6 Å². The number of carbonyl (C=O) groups is 1. The molecule has 0 spiro atoms. The molecule has 1 heterocycles. The predicted molar refractivity (Wildman–Crippen MR) is 172 cm³/mol. The summed E-state index contributed by atoms with van der Waals surface area (Å²) in [6, 6.07) is 8.66. The largest absolute Gasteiger partial charge is 0.469 e. The van der Waals surface area contributed by atoms with Gasteiger partial charge < -0.3 is 9.26 Å². The van der Waals surface area contributed by atoms with Gasteiger partial charge in [0.25, 0.3) is 0 Å². The van der Waals surface area contributed by atoms with Crippen LogP contribution in [0.15, 0.2) is 64.2 Å². The average Bonchev–Trinajstić information content (AvgIpc) is 3.23. The van der Waals surface area contributed by atoms with Crippen molar-refractivity contribution >= 4 is 17.1 Å². The molecule has 3 aliphatic carbocycles. The van der Waals surface area contributed by atoms with Crippen LogP contribution >= 0.6 is 0 Å². The molecule has 0 bridgehead atoms. The topological polar surface area (TPSA) is 52.3 Å². The van der Waals surface area contributed by atoms with Gasteiger partial charge in [0.1, 0.15) is 11.4 Å². The third kappa shape index (κ3) is 7.48. The van der Waals surface area contributed by atoms with E-state index in [1.54, 1.807) is 0 Å². The lowest BCUT2D eigenvalue weighted by Crippen LogP contribution is -2.26. The van der Waals surface area contributed by atoms with Crippen molar-refractivity contribution in [1.82, 2.24) is 5.16 Å². The van der Waals surface area contributed by atoms with Gasteiger partial charge in [0.15, 0.2) is 0 Å². The summed E-state index contributed by atoms with van der Waals surface area (Å²) in [6.45, 7) is 8.17. The van der Waals surface area contributed by atoms with E-state index in [9.17, 15) is 4.79 Å². The third-order valence-corrected chi connectivity index (χ3v) is 9.76. The number of aromatic nitrogens is 1. The van der Waals surface area contributed by atoms with Gasteiger partial charge >= 0.3 is 5.97 Å². The van der Waals surface area contributed by atoms with Crippen molar-refractivity contribution in [3.8, 4) is 0 Å². The Morgan fingerprint density at radius 3 is 2.53 bits per heavy atom. The number of hydrogen-bond donors (Lipinski definition) is 0. The van der Waals surface area contributed by atoms with Gasteiger partial charge in [-0.2, -0.15) is 0 Å². The first-order valence-electron chi connectivity index (χ1n) is 16.3. The van der Waals surface area contributed by atoms with Gasteiger partial charge in [-0.15, -0.1) is 0 Å². The molecule has 1 aromatic carbocycles. The molecule has 5 rings (SSSR count). The van der Waals surface area contributed by atoms with Crippen LogP contribution in [-0.2, 0) is 16.0 Å². The summed E-state index contributed by atoms with van der Waals surface area (Å²) >= 11 is 0. The maximum Gasteiger partial charge on any atom is 0.308 e. The number of aryl methyl sites for hydroxylation is 2. The van der Waals surface area contributed by atoms with Crippen molar-refractivity contribution in [3.05, 3.63) is 87.9 Å². The summed E-state index contributed by atoms with van der Waals surface area (Å²) < 4.78 is 26.2. The van der Waals surface area contributed by atoms with Crippen LogP contribution in [0, 0.1) is 31.6 Å². The molecular formula is C38H48FNO3. The highest BCUT2D eigenvalue weighted by Crippen LogP contribution is 2.43. The number of benzene rings is 1. The van der Waals surface area contributed by atoms with Gasteiger partial charge in [-0.1, -0.05) is 86.8 Å². The Hall–Kier alpha value is -3.21. The van der Waals surface area contributed by atoms with E-state index >= 15 is 4.39 Å². The highest BCUT2D eigenvalue weighted by atomic mass is 19.1. The Bertz CT molecular complexity index is 1400. The number of ether oxygens (including phenoxy) is 1. The van der Waals surface area contributed by atoms with Crippen LogP contribution in [0.2, 0.25) is 0 Å². The minimum atomic E-state index is -1.01. The first-order valence-corrected chi connectivity index (χ1v) is 16.3. The summed E-state index contributed by atoms with van der Waals surface area (Å²) in [5.74, 6) is 1.13. The molecule has 2 aromatic rings. The number of nitrogens with zero attached hydrogens (tertiary/aromatic N) is 1. The zero-order chi connectivity index (χ0) is 30.6. The second-order valence-electron chi connectivity index (χ2n) is 13.3. The number of esters is 1. The van der Waals surface area contributed by atoms with Crippen molar-refractivity contribution in [1.29, 1.82) is 0 Å². The molecule has 43 heavy (non-hydrogen) atoms. The smallest absolute Gasteiger partial charge is 0.308 e. The van der Waals surface area contributed by atoms with Crippen LogP contribution in [0.1, 0.15) is 106 Å². The SMILES string of the molecule is COC(=O)C(C)Cc1ccc(C2=CC(CCC3(F)CCCCC3)CCC3=CC(c4c(C)noc4C)=CC(C)CC=C32)cc1. The number of alkyl halides is 1. The van der Waals surface area contributed by atoms with Gasteiger partial charge in [0.2, 0.25) is 0 Å². The maximum absolute atomic E-state index is 15.7. The van der Waals surface area contributed by atoms with Crippen LogP contribution in [0.3, 0.4) is 0 Å². The minimum Gasteiger partial charge on any atom is -0.469 e. The van der Waals surface area contributed by atoms with Crippen LogP contribution in [0.25, 0.3) is 11.1 Å². The number of methoxy groups -OCH3 is 1. The van der Waals surface area contributed by atoms with Gasteiger partial charge in [0.05, 0.1) is 18.7 Å². The molecule has 1 aromatic heterocycles. The van der Waals surface area contributed by atoms with E-state index in [0.29, 0.717) is 37.5 Å². The van der Waals surface area contributed by atoms with E-state index in [1.807, 2.05) is 20.8 Å². The summed E-state index contributed by atoms with van der Waals surface area (Å²) in [6.07, 6.45) is 19.2. The lowest BCUT2D eigenvalue weighted by molar-refractivity contribution is -0.144. The first-order chi connectivity index (χ1) is 20.7. The number of fused-ring (bicyclic) bond motifs is 1. The normalized spacial score (nSPS) is 22.9. The number of carbonyl (C=O) groups excluding carboxylic acids is 1. The van der Waals surface area contributed by atoms with Crippen molar-refractivity contribution in [2.45, 2.75) is 104 Å². The van der Waals surface area contributed by atoms with E-state index in [-0.39, 0.29) is 11.9 Å². The summed E-state index contributed by atoms with van der Waals surface area (Å²) in [5.41, 5.74) is 8.31. The fraction of sp³-hybridized carbons (Fsp3) is 0.526. The summed E-state index contributed by atoms with van der Waals surface area (Å²) in [7, 11) is 1.44. The fourth-order valence-electron chi connectivity index (χ4n) is 7.23. The molecule has 0 saturated heterocycles. The molecule has 230 valence electrons. The monoisotopic (exact) mass is 585 g/mol. The number of hydrogen-bond acceptors (Lipinski definition) is 4. The number of rotatable bonds is 8. The summed E-state index contributed by atoms with van der Waals surface area (Å²) in [4.78, 5) is 12.0. The first kappa shape index (κ1) is 31.2. The fourth-order valence-corrected chi connectivity index (χ4v) is 7.23. The van der Waals surface area contributed by atoms with Crippen LogP contribution < -0.4 is 0 Å². The molecule has 3 aliphatic rings. The second-order valence-corrected chi connectivity index (χ2v) is 13.3. The van der Waals surface area contributed by atoms with Crippen molar-refractivity contribution in [3.63, 3.8) is 0 Å². The minimum absolute atomic E-state index is 0.187. The molecule has 0 N–H and O–H groups in total. The zero-order valence-corrected chi connectivity index (χ0v) is 26.7. The average molecular weight is 586 g/mol. The van der Waals surface area contributed by atoms with Crippen LogP contribution in [-0.4, -0.2) is 23.9 Å². The third-order valence-electron chi connectivity index (χ3n) is 9.76. The Labute approximate surface area is 257 Å². The predicted octanol–water partition coefficient (Wildman–Crippen LogP) is 9.87. The van der Waals surface area contributed by atoms with Gasteiger partial charge in [0, 0.05) is 5.56 Å². The van der Waals surface area contributed by atoms with E-state index in [4.69, 9.17) is 9.26 Å². The lowest BCUT2D eigenvalue weighted by Gasteiger charge is -2.30. The number of halogens is 1.